The van der Waals surface area contributed by atoms with Crippen molar-refractivity contribution >= 4 is 17.5 Å². The lowest BCUT2D eigenvalue weighted by molar-refractivity contribution is -0.115. The Morgan fingerprint density at radius 1 is 1.20 bits per heavy atom. The maximum Gasteiger partial charge on any atom is 0.253 e. The summed E-state index contributed by atoms with van der Waals surface area (Å²) in [5.74, 6) is -0.0163. The number of aryl methyl sites for hydroxylation is 3. The van der Waals surface area contributed by atoms with Crippen molar-refractivity contribution in [2.75, 3.05) is 18.4 Å². The van der Waals surface area contributed by atoms with Gasteiger partial charge in [0.15, 0.2) is 0 Å². The van der Waals surface area contributed by atoms with Gasteiger partial charge in [-0.15, -0.1) is 0 Å². The molecule has 2 aromatic rings. The monoisotopic (exact) mass is 340 g/mol. The molecular weight excluding hydrogens is 316 g/mol. The summed E-state index contributed by atoms with van der Waals surface area (Å²) in [5, 5.41) is 9.94. The minimum Gasteiger partial charge on any atom is -0.339 e. The van der Waals surface area contributed by atoms with E-state index in [9.17, 15) is 9.59 Å². The number of amides is 2. The number of aromatic nitrogens is 2. The Morgan fingerprint density at radius 3 is 2.52 bits per heavy atom. The Hall–Kier alpha value is -2.63. The van der Waals surface area contributed by atoms with Gasteiger partial charge in [-0.3, -0.25) is 14.7 Å². The average Bonchev–Trinajstić information content (AvgIpc) is 3.22. The fourth-order valence-corrected chi connectivity index (χ4v) is 3.23. The second-order valence-corrected chi connectivity index (χ2v) is 6.67. The molecule has 132 valence electrons. The molecule has 1 aliphatic rings. The molecule has 6 heteroatoms. The number of H-pyrrole nitrogens is 1. The van der Waals surface area contributed by atoms with E-state index < -0.39 is 0 Å². The van der Waals surface area contributed by atoms with E-state index in [4.69, 9.17) is 0 Å². The van der Waals surface area contributed by atoms with Crippen LogP contribution in [-0.4, -0.2) is 40.0 Å². The van der Waals surface area contributed by atoms with E-state index in [0.717, 1.165) is 54.1 Å². The van der Waals surface area contributed by atoms with Crippen molar-refractivity contribution in [1.29, 1.82) is 0 Å². The van der Waals surface area contributed by atoms with Gasteiger partial charge in [-0.25, -0.2) is 0 Å². The van der Waals surface area contributed by atoms with Crippen LogP contribution in [0.25, 0.3) is 0 Å². The van der Waals surface area contributed by atoms with Gasteiger partial charge in [-0.05, 0) is 57.4 Å². The van der Waals surface area contributed by atoms with Gasteiger partial charge in [-0.1, -0.05) is 0 Å². The number of carbonyl (C=O) groups is 2. The van der Waals surface area contributed by atoms with Crippen molar-refractivity contribution < 1.29 is 9.59 Å². The number of likely N-dealkylation sites (tertiary alicyclic amines) is 1. The second kappa shape index (κ2) is 7.09. The predicted molar refractivity (Wildman–Crippen MR) is 96.7 cm³/mol. The third-order valence-electron chi connectivity index (χ3n) is 4.76. The molecule has 2 amide bonds. The van der Waals surface area contributed by atoms with Crippen LogP contribution in [-0.2, 0) is 11.2 Å². The standard InChI is InChI=1S/C19H24N4O2/c1-12-10-15(19(25)23-8-4-5-9-23)6-7-17(12)20-18(24)11-16-13(2)21-22-14(16)3/h6-7,10H,4-5,8-9,11H2,1-3H3,(H,20,24)(H,21,22). The quantitative estimate of drug-likeness (QED) is 0.898. The molecule has 0 atom stereocenters. The van der Waals surface area contributed by atoms with Gasteiger partial charge < -0.3 is 10.2 Å². The molecule has 3 rings (SSSR count). The Kier molecular flexibility index (Phi) is 4.88. The number of nitrogens with one attached hydrogen (secondary N) is 2. The molecule has 1 aliphatic heterocycles. The van der Waals surface area contributed by atoms with Crippen LogP contribution in [0.3, 0.4) is 0 Å². The van der Waals surface area contributed by atoms with Gasteiger partial charge in [0.05, 0.1) is 12.1 Å². The molecule has 0 aliphatic carbocycles. The summed E-state index contributed by atoms with van der Waals surface area (Å²) in [4.78, 5) is 26.7. The summed E-state index contributed by atoms with van der Waals surface area (Å²) in [6.45, 7) is 7.37. The summed E-state index contributed by atoms with van der Waals surface area (Å²) in [5.41, 5.74) is 4.99. The number of anilines is 1. The molecule has 0 unspecified atom stereocenters. The SMILES string of the molecule is Cc1cc(C(=O)N2CCCC2)ccc1NC(=O)Cc1c(C)n[nH]c1C. The number of carbonyl (C=O) groups excluding carboxylic acids is 2. The van der Waals surface area contributed by atoms with E-state index in [0.29, 0.717) is 5.56 Å². The van der Waals surface area contributed by atoms with E-state index >= 15 is 0 Å². The molecule has 6 nitrogen and oxygen atoms in total. The number of benzene rings is 1. The number of hydrogen-bond acceptors (Lipinski definition) is 3. The van der Waals surface area contributed by atoms with Crippen LogP contribution >= 0.6 is 0 Å². The van der Waals surface area contributed by atoms with Crippen LogP contribution < -0.4 is 5.32 Å². The molecule has 0 bridgehead atoms. The van der Waals surface area contributed by atoms with Gasteiger partial charge >= 0.3 is 0 Å². The summed E-state index contributed by atoms with van der Waals surface area (Å²) in [6.07, 6.45) is 2.43. The minimum absolute atomic E-state index is 0.0723. The zero-order valence-electron chi connectivity index (χ0n) is 15.0. The fraction of sp³-hybridized carbons (Fsp3) is 0.421. The van der Waals surface area contributed by atoms with Crippen LogP contribution in [0.2, 0.25) is 0 Å². The maximum absolute atomic E-state index is 12.4. The Morgan fingerprint density at radius 2 is 1.92 bits per heavy atom. The highest BCUT2D eigenvalue weighted by Gasteiger charge is 2.20. The first-order chi connectivity index (χ1) is 12.0. The molecule has 0 radical (unpaired) electrons. The topological polar surface area (TPSA) is 78.1 Å². The van der Waals surface area contributed by atoms with E-state index in [1.807, 2.05) is 37.8 Å². The van der Waals surface area contributed by atoms with Gasteiger partial charge in [0, 0.05) is 35.6 Å². The Balaban J connectivity index is 1.68. The summed E-state index contributed by atoms with van der Waals surface area (Å²) in [6, 6.07) is 5.45. The molecule has 0 saturated carbocycles. The fourth-order valence-electron chi connectivity index (χ4n) is 3.23. The third-order valence-corrected chi connectivity index (χ3v) is 4.76. The van der Waals surface area contributed by atoms with Crippen LogP contribution in [0.1, 0.15) is 45.7 Å². The van der Waals surface area contributed by atoms with Gasteiger partial charge in [0.25, 0.3) is 5.91 Å². The van der Waals surface area contributed by atoms with Crippen molar-refractivity contribution in [1.82, 2.24) is 15.1 Å². The van der Waals surface area contributed by atoms with Crippen molar-refractivity contribution in [2.45, 2.75) is 40.0 Å². The van der Waals surface area contributed by atoms with Crippen LogP contribution in [0.4, 0.5) is 5.69 Å². The van der Waals surface area contributed by atoms with E-state index in [2.05, 4.69) is 15.5 Å². The normalized spacial score (nSPS) is 14.0. The predicted octanol–water partition coefficient (Wildman–Crippen LogP) is 2.75. The van der Waals surface area contributed by atoms with Crippen LogP contribution in [0.5, 0.6) is 0 Å². The van der Waals surface area contributed by atoms with E-state index in [1.165, 1.54) is 0 Å². The first kappa shape index (κ1) is 17.2. The number of rotatable bonds is 4. The first-order valence-electron chi connectivity index (χ1n) is 8.66. The molecule has 0 spiro atoms. The van der Waals surface area contributed by atoms with Crippen molar-refractivity contribution in [3.63, 3.8) is 0 Å². The zero-order valence-corrected chi connectivity index (χ0v) is 15.0. The summed E-state index contributed by atoms with van der Waals surface area (Å²) >= 11 is 0. The summed E-state index contributed by atoms with van der Waals surface area (Å²) in [7, 11) is 0. The van der Waals surface area contributed by atoms with E-state index in [1.54, 1.807) is 6.07 Å². The lowest BCUT2D eigenvalue weighted by atomic mass is 10.1. The largest absolute Gasteiger partial charge is 0.339 e. The molecule has 1 fully saturated rings. The molecule has 1 aromatic heterocycles. The summed E-state index contributed by atoms with van der Waals surface area (Å²) < 4.78 is 0. The molecular formula is C19H24N4O2. The average molecular weight is 340 g/mol. The highest BCUT2D eigenvalue weighted by Crippen LogP contribution is 2.20. The molecule has 2 heterocycles. The number of aromatic amines is 1. The Labute approximate surface area is 147 Å². The van der Waals surface area contributed by atoms with Crippen molar-refractivity contribution in [2.24, 2.45) is 0 Å². The van der Waals surface area contributed by atoms with Crippen LogP contribution in [0.15, 0.2) is 18.2 Å². The van der Waals surface area contributed by atoms with Crippen molar-refractivity contribution in [3.8, 4) is 0 Å². The first-order valence-corrected chi connectivity index (χ1v) is 8.66. The smallest absolute Gasteiger partial charge is 0.253 e. The highest BCUT2D eigenvalue weighted by atomic mass is 16.2. The maximum atomic E-state index is 12.4. The lowest BCUT2D eigenvalue weighted by Crippen LogP contribution is -2.27. The second-order valence-electron chi connectivity index (χ2n) is 6.67. The lowest BCUT2D eigenvalue weighted by Gasteiger charge is -2.16. The highest BCUT2D eigenvalue weighted by molar-refractivity contribution is 5.97. The van der Waals surface area contributed by atoms with Gasteiger partial charge in [0.2, 0.25) is 5.91 Å². The Bertz CT molecular complexity index is 784. The zero-order chi connectivity index (χ0) is 18.0. The molecule has 1 saturated heterocycles. The van der Waals surface area contributed by atoms with Gasteiger partial charge in [0.1, 0.15) is 0 Å². The van der Waals surface area contributed by atoms with Crippen LogP contribution in [0, 0.1) is 20.8 Å². The van der Waals surface area contributed by atoms with Crippen molar-refractivity contribution in [3.05, 3.63) is 46.3 Å². The van der Waals surface area contributed by atoms with E-state index in [-0.39, 0.29) is 18.2 Å². The molecule has 1 aromatic carbocycles. The third kappa shape index (κ3) is 3.73. The number of hydrogen-bond donors (Lipinski definition) is 2. The number of nitrogens with zero attached hydrogens (tertiary/aromatic N) is 2. The minimum atomic E-state index is -0.0886. The van der Waals surface area contributed by atoms with Gasteiger partial charge in [-0.2, -0.15) is 5.10 Å². The molecule has 2 N–H and O–H groups in total. The molecule has 25 heavy (non-hydrogen) atoms.